The molecule has 4 aromatic rings. The number of rotatable bonds is 2. The van der Waals surface area contributed by atoms with Crippen LogP contribution in [-0.2, 0) is 6.18 Å². The number of hydrogen-bond acceptors (Lipinski definition) is 5. The van der Waals surface area contributed by atoms with Gasteiger partial charge in [-0.1, -0.05) is 0 Å². The highest BCUT2D eigenvalue weighted by Crippen LogP contribution is 2.38. The number of nitrogens with one attached hydrogen (secondary N) is 1. The zero-order chi connectivity index (χ0) is 19.2. The number of nitrogens with two attached hydrogens (primary N) is 1. The van der Waals surface area contributed by atoms with Crippen LogP contribution in [0.1, 0.15) is 5.56 Å². The van der Waals surface area contributed by atoms with Crippen molar-refractivity contribution >= 4 is 16.9 Å². The van der Waals surface area contributed by atoms with Crippen LogP contribution < -0.4 is 5.73 Å². The third kappa shape index (κ3) is 3.05. The molecule has 0 unspecified atom stereocenters. The average Bonchev–Trinajstić information content (AvgIpc) is 3.09. The number of anilines is 1. The number of benzene rings is 2. The van der Waals surface area contributed by atoms with Crippen LogP contribution in [0.3, 0.4) is 0 Å². The molecule has 0 atom stereocenters. The third-order valence-electron chi connectivity index (χ3n) is 3.95. The van der Waals surface area contributed by atoms with E-state index in [1.165, 1.54) is 36.5 Å². The fraction of sp³-hybridized carbons (Fsp3) is 0.0588. The fourth-order valence-electron chi connectivity index (χ4n) is 2.76. The number of aromatic amines is 1. The van der Waals surface area contributed by atoms with Gasteiger partial charge in [0.2, 0.25) is 5.95 Å². The lowest BCUT2D eigenvalue weighted by Gasteiger charge is -2.12. The van der Waals surface area contributed by atoms with Gasteiger partial charge in [0, 0.05) is 16.5 Å². The molecular formula is C17H10F4N6. The highest BCUT2D eigenvalue weighted by molar-refractivity contribution is 5.89. The predicted molar refractivity (Wildman–Crippen MR) is 89.7 cm³/mol. The van der Waals surface area contributed by atoms with Gasteiger partial charge in [-0.2, -0.15) is 18.3 Å². The number of fused-ring (bicyclic) bond motifs is 1. The Labute approximate surface area is 149 Å². The molecule has 0 spiro atoms. The summed E-state index contributed by atoms with van der Waals surface area (Å²) in [6.45, 7) is 0. The maximum absolute atomic E-state index is 13.5. The summed E-state index contributed by atoms with van der Waals surface area (Å²) in [6.07, 6.45) is -3.32. The second kappa shape index (κ2) is 6.01. The first-order valence-corrected chi connectivity index (χ1v) is 7.64. The van der Waals surface area contributed by atoms with Gasteiger partial charge in [-0.3, -0.25) is 5.10 Å². The topological polar surface area (TPSA) is 93.4 Å². The summed E-state index contributed by atoms with van der Waals surface area (Å²) in [6, 6.07) is 7.71. The minimum atomic E-state index is -4.61. The molecule has 2 aromatic heterocycles. The first-order valence-electron chi connectivity index (χ1n) is 7.64. The van der Waals surface area contributed by atoms with E-state index in [9.17, 15) is 17.6 Å². The lowest BCUT2D eigenvalue weighted by molar-refractivity contribution is -0.136. The Hall–Kier alpha value is -3.56. The number of halogens is 4. The molecule has 0 saturated carbocycles. The van der Waals surface area contributed by atoms with Crippen molar-refractivity contribution < 1.29 is 17.6 Å². The summed E-state index contributed by atoms with van der Waals surface area (Å²) in [5.74, 6) is -0.618. The van der Waals surface area contributed by atoms with Crippen LogP contribution in [0.4, 0.5) is 23.5 Å². The molecule has 0 aliphatic carbocycles. The van der Waals surface area contributed by atoms with Gasteiger partial charge in [0.15, 0.2) is 0 Å². The van der Waals surface area contributed by atoms with Crippen molar-refractivity contribution in [2.45, 2.75) is 6.18 Å². The monoisotopic (exact) mass is 374 g/mol. The molecule has 2 heterocycles. The number of nitrogen functional groups attached to an aromatic ring is 1. The number of aromatic nitrogens is 5. The average molecular weight is 374 g/mol. The maximum atomic E-state index is 13.5. The van der Waals surface area contributed by atoms with E-state index in [2.05, 4.69) is 25.4 Å². The van der Waals surface area contributed by atoms with Crippen molar-refractivity contribution in [3.8, 4) is 22.5 Å². The Morgan fingerprint density at radius 1 is 0.926 bits per heavy atom. The van der Waals surface area contributed by atoms with Gasteiger partial charge in [-0.05, 0) is 36.4 Å². The minimum Gasteiger partial charge on any atom is -0.366 e. The summed E-state index contributed by atoms with van der Waals surface area (Å²) in [5.41, 5.74) is 5.42. The van der Waals surface area contributed by atoms with Crippen molar-refractivity contribution in [3.05, 3.63) is 54.0 Å². The zero-order valence-electron chi connectivity index (χ0n) is 13.4. The van der Waals surface area contributed by atoms with Crippen LogP contribution in [0.2, 0.25) is 0 Å². The third-order valence-corrected chi connectivity index (χ3v) is 3.95. The molecule has 0 bridgehead atoms. The second-order valence-electron chi connectivity index (χ2n) is 5.73. The maximum Gasteiger partial charge on any atom is 0.418 e. The molecule has 6 nitrogen and oxygen atoms in total. The number of hydrogen-bond donors (Lipinski definition) is 2. The van der Waals surface area contributed by atoms with Crippen molar-refractivity contribution in [1.29, 1.82) is 0 Å². The molecule has 0 aliphatic rings. The summed E-state index contributed by atoms with van der Waals surface area (Å²) >= 11 is 0. The lowest BCUT2D eigenvalue weighted by Crippen LogP contribution is -2.07. The van der Waals surface area contributed by atoms with Crippen LogP contribution in [0.15, 0.2) is 42.6 Å². The molecule has 136 valence electrons. The van der Waals surface area contributed by atoms with Crippen molar-refractivity contribution in [2.24, 2.45) is 0 Å². The van der Waals surface area contributed by atoms with Gasteiger partial charge in [0.05, 0.1) is 17.3 Å². The van der Waals surface area contributed by atoms with Gasteiger partial charge in [-0.15, -0.1) is 10.2 Å². The molecule has 0 aliphatic heterocycles. The van der Waals surface area contributed by atoms with Gasteiger partial charge < -0.3 is 5.73 Å². The number of nitrogens with zero attached hydrogens (tertiary/aromatic N) is 4. The van der Waals surface area contributed by atoms with Gasteiger partial charge >= 0.3 is 6.18 Å². The van der Waals surface area contributed by atoms with Crippen molar-refractivity contribution in [1.82, 2.24) is 25.4 Å². The van der Waals surface area contributed by atoms with E-state index in [-0.39, 0.29) is 33.8 Å². The van der Waals surface area contributed by atoms with Gasteiger partial charge in [0.1, 0.15) is 17.2 Å². The van der Waals surface area contributed by atoms with Crippen LogP contribution in [0, 0.1) is 5.82 Å². The lowest BCUT2D eigenvalue weighted by atomic mass is 10.00. The van der Waals surface area contributed by atoms with Crippen molar-refractivity contribution in [3.63, 3.8) is 0 Å². The largest absolute Gasteiger partial charge is 0.418 e. The summed E-state index contributed by atoms with van der Waals surface area (Å²) in [7, 11) is 0. The Kier molecular flexibility index (Phi) is 3.76. The highest BCUT2D eigenvalue weighted by Gasteiger charge is 2.34. The number of alkyl halides is 3. The van der Waals surface area contributed by atoms with Gasteiger partial charge in [-0.25, -0.2) is 9.37 Å². The highest BCUT2D eigenvalue weighted by atomic mass is 19.4. The Morgan fingerprint density at radius 3 is 2.37 bits per heavy atom. The molecule has 4 rings (SSSR count). The van der Waals surface area contributed by atoms with Crippen LogP contribution in [0.5, 0.6) is 0 Å². The summed E-state index contributed by atoms with van der Waals surface area (Å²) < 4.78 is 53.6. The second-order valence-corrected chi connectivity index (χ2v) is 5.73. The first kappa shape index (κ1) is 16.9. The van der Waals surface area contributed by atoms with Crippen molar-refractivity contribution in [2.75, 3.05) is 5.73 Å². The predicted octanol–water partition coefficient (Wildman–Crippen LogP) is 3.82. The fourth-order valence-corrected chi connectivity index (χ4v) is 2.76. The molecule has 2 aromatic carbocycles. The Balaban J connectivity index is 1.98. The van der Waals surface area contributed by atoms with Gasteiger partial charge in [0.25, 0.3) is 0 Å². The normalized spacial score (nSPS) is 11.9. The standard InChI is InChI=1S/C17H10F4N6/c18-11-3-1-8(2-4-11)14-15(26-27-16(22)24-14)9-5-10-7-23-25-13(10)12(6-9)17(19,20)21/h1-7H,(H,23,25)(H2,22,24,27). The molecule has 27 heavy (non-hydrogen) atoms. The van der Waals surface area contributed by atoms with E-state index in [4.69, 9.17) is 5.73 Å². The summed E-state index contributed by atoms with van der Waals surface area (Å²) in [4.78, 5) is 4.09. The SMILES string of the molecule is Nc1nnc(-c2cc(C(F)(F)F)c3[nH]ncc3c2)c(-c2ccc(F)cc2)n1. The Morgan fingerprint density at radius 2 is 1.67 bits per heavy atom. The molecule has 3 N–H and O–H groups in total. The van der Waals surface area contributed by atoms with Crippen LogP contribution in [-0.4, -0.2) is 25.4 Å². The van der Waals surface area contributed by atoms with Crippen LogP contribution >= 0.6 is 0 Å². The molecule has 0 radical (unpaired) electrons. The van der Waals surface area contributed by atoms with E-state index >= 15 is 0 Å². The van der Waals surface area contributed by atoms with E-state index in [0.717, 1.165) is 6.07 Å². The van der Waals surface area contributed by atoms with E-state index in [1.54, 1.807) is 0 Å². The molecular weight excluding hydrogens is 364 g/mol. The molecule has 0 fully saturated rings. The first-order chi connectivity index (χ1) is 12.8. The molecule has 10 heteroatoms. The van der Waals surface area contributed by atoms with E-state index in [0.29, 0.717) is 5.56 Å². The quantitative estimate of drug-likeness (QED) is 0.520. The summed E-state index contributed by atoms with van der Waals surface area (Å²) in [5, 5.41) is 13.9. The van der Waals surface area contributed by atoms with E-state index < -0.39 is 17.6 Å². The molecule has 0 saturated heterocycles. The zero-order valence-corrected chi connectivity index (χ0v) is 13.4. The minimum absolute atomic E-state index is 0.0874. The molecule has 0 amide bonds. The number of H-pyrrole nitrogens is 1. The Bertz CT molecular complexity index is 1130. The smallest absolute Gasteiger partial charge is 0.366 e. The van der Waals surface area contributed by atoms with E-state index in [1.807, 2.05) is 0 Å². The van der Waals surface area contributed by atoms with Crippen LogP contribution in [0.25, 0.3) is 33.4 Å².